The van der Waals surface area contributed by atoms with Crippen LogP contribution in [0.3, 0.4) is 0 Å². The van der Waals surface area contributed by atoms with Crippen LogP contribution in [-0.2, 0) is 6.42 Å². The van der Waals surface area contributed by atoms with E-state index in [1.165, 1.54) is 11.1 Å². The molecule has 0 saturated heterocycles. The Morgan fingerprint density at radius 2 is 1.76 bits per heavy atom. The fraction of sp³-hybridized carbons (Fsp3) is 0.200. The van der Waals surface area contributed by atoms with Crippen molar-refractivity contribution >= 4 is 15.9 Å². The Bertz CT molecular complexity index is 519. The van der Waals surface area contributed by atoms with Gasteiger partial charge < -0.3 is 4.74 Å². The molecule has 17 heavy (non-hydrogen) atoms. The molecule has 3 rings (SSSR count). The third-order valence-corrected chi connectivity index (χ3v) is 3.69. The van der Waals surface area contributed by atoms with Crippen LogP contribution in [0.25, 0.3) is 0 Å². The molecule has 1 atom stereocenters. The lowest BCUT2D eigenvalue weighted by Crippen LogP contribution is -2.14. The Balaban J connectivity index is 1.86. The van der Waals surface area contributed by atoms with Crippen LogP contribution >= 0.6 is 15.9 Å². The fourth-order valence-corrected chi connectivity index (χ4v) is 2.50. The van der Waals surface area contributed by atoms with Gasteiger partial charge in [-0.2, -0.15) is 0 Å². The summed E-state index contributed by atoms with van der Waals surface area (Å²) in [4.78, 5) is 0. The molecule has 0 N–H and O–H groups in total. The van der Waals surface area contributed by atoms with E-state index in [2.05, 4.69) is 58.4 Å². The molecular weight excluding hydrogens is 276 g/mol. The molecule has 0 radical (unpaired) electrons. The zero-order chi connectivity index (χ0) is 11.7. The molecule has 1 nitrogen and oxygen atoms in total. The molecular formula is C15H13BrO. The monoisotopic (exact) mass is 288 g/mol. The maximum Gasteiger partial charge on any atom is 0.124 e. The van der Waals surface area contributed by atoms with E-state index in [1.807, 2.05) is 6.07 Å². The lowest BCUT2D eigenvalue weighted by molar-refractivity contribution is 0.176. The number of hydrogen-bond acceptors (Lipinski definition) is 1. The second-order valence-electron chi connectivity index (χ2n) is 4.30. The molecule has 0 bridgehead atoms. The largest absolute Gasteiger partial charge is 0.485 e. The lowest BCUT2D eigenvalue weighted by Gasteiger charge is -2.26. The van der Waals surface area contributed by atoms with Gasteiger partial charge in [0.05, 0.1) is 0 Å². The van der Waals surface area contributed by atoms with Gasteiger partial charge in [0.1, 0.15) is 11.9 Å². The SMILES string of the molecule is Brc1ccc(C2CCc3ccccc3O2)cc1. The molecule has 2 aromatic carbocycles. The van der Waals surface area contributed by atoms with Gasteiger partial charge >= 0.3 is 0 Å². The second kappa shape index (κ2) is 4.53. The first-order valence-electron chi connectivity index (χ1n) is 5.83. The van der Waals surface area contributed by atoms with E-state index in [1.54, 1.807) is 0 Å². The fourth-order valence-electron chi connectivity index (χ4n) is 2.24. The molecule has 0 fully saturated rings. The first-order valence-corrected chi connectivity index (χ1v) is 6.62. The average Bonchev–Trinajstić information content (AvgIpc) is 2.39. The Morgan fingerprint density at radius 1 is 1.00 bits per heavy atom. The van der Waals surface area contributed by atoms with Gasteiger partial charge in [0.15, 0.2) is 0 Å². The van der Waals surface area contributed by atoms with E-state index in [4.69, 9.17) is 4.74 Å². The number of aryl methyl sites for hydroxylation is 1. The molecule has 1 aliphatic heterocycles. The Hall–Kier alpha value is -1.28. The third-order valence-electron chi connectivity index (χ3n) is 3.16. The predicted octanol–water partition coefficient (Wildman–Crippen LogP) is 4.52. The van der Waals surface area contributed by atoms with E-state index in [0.717, 1.165) is 23.1 Å². The van der Waals surface area contributed by atoms with Crippen LogP contribution in [0.1, 0.15) is 23.7 Å². The van der Waals surface area contributed by atoms with Crippen molar-refractivity contribution in [2.75, 3.05) is 0 Å². The summed E-state index contributed by atoms with van der Waals surface area (Å²) >= 11 is 3.45. The summed E-state index contributed by atoms with van der Waals surface area (Å²) in [6.45, 7) is 0. The maximum atomic E-state index is 6.04. The molecule has 86 valence electrons. The number of para-hydroxylation sites is 1. The minimum atomic E-state index is 0.193. The summed E-state index contributed by atoms with van der Waals surface area (Å²) in [5.74, 6) is 1.03. The second-order valence-corrected chi connectivity index (χ2v) is 5.22. The number of halogens is 1. The molecule has 2 aromatic rings. The summed E-state index contributed by atoms with van der Waals surface area (Å²) in [7, 11) is 0. The molecule has 0 amide bonds. The smallest absolute Gasteiger partial charge is 0.124 e. The molecule has 1 heterocycles. The van der Waals surface area contributed by atoms with Gasteiger partial charge in [0, 0.05) is 4.47 Å². The van der Waals surface area contributed by atoms with Crippen molar-refractivity contribution in [1.82, 2.24) is 0 Å². The molecule has 1 unspecified atom stereocenters. The van der Waals surface area contributed by atoms with Crippen LogP contribution in [0.2, 0.25) is 0 Å². The van der Waals surface area contributed by atoms with E-state index in [0.29, 0.717) is 0 Å². The first-order chi connectivity index (χ1) is 8.33. The van der Waals surface area contributed by atoms with Crippen molar-refractivity contribution in [2.45, 2.75) is 18.9 Å². The van der Waals surface area contributed by atoms with Gasteiger partial charge in [-0.05, 0) is 42.2 Å². The van der Waals surface area contributed by atoms with Crippen molar-refractivity contribution in [1.29, 1.82) is 0 Å². The zero-order valence-electron chi connectivity index (χ0n) is 9.40. The molecule has 0 aliphatic carbocycles. The van der Waals surface area contributed by atoms with Crippen molar-refractivity contribution < 1.29 is 4.74 Å². The van der Waals surface area contributed by atoms with E-state index in [9.17, 15) is 0 Å². The van der Waals surface area contributed by atoms with Crippen molar-refractivity contribution in [2.24, 2.45) is 0 Å². The minimum absolute atomic E-state index is 0.193. The number of benzene rings is 2. The molecule has 0 aromatic heterocycles. The van der Waals surface area contributed by atoms with Crippen LogP contribution in [0.4, 0.5) is 0 Å². The summed E-state index contributed by atoms with van der Waals surface area (Å²) in [5, 5.41) is 0. The van der Waals surface area contributed by atoms with Crippen LogP contribution in [0.5, 0.6) is 5.75 Å². The highest BCUT2D eigenvalue weighted by molar-refractivity contribution is 9.10. The normalized spacial score (nSPS) is 18.3. The van der Waals surface area contributed by atoms with Gasteiger partial charge in [-0.1, -0.05) is 46.3 Å². The summed E-state index contributed by atoms with van der Waals surface area (Å²) in [5.41, 5.74) is 2.57. The first kappa shape index (κ1) is 10.8. The summed E-state index contributed by atoms with van der Waals surface area (Å²) < 4.78 is 7.15. The number of fused-ring (bicyclic) bond motifs is 1. The number of hydrogen-bond donors (Lipinski definition) is 0. The van der Waals surface area contributed by atoms with Gasteiger partial charge in [-0.25, -0.2) is 0 Å². The van der Waals surface area contributed by atoms with Crippen LogP contribution < -0.4 is 4.74 Å². The van der Waals surface area contributed by atoms with Crippen molar-refractivity contribution in [3.63, 3.8) is 0 Å². The summed E-state index contributed by atoms with van der Waals surface area (Å²) in [6, 6.07) is 16.7. The van der Waals surface area contributed by atoms with Crippen molar-refractivity contribution in [3.05, 3.63) is 64.1 Å². The third kappa shape index (κ3) is 2.22. The highest BCUT2D eigenvalue weighted by atomic mass is 79.9. The molecule has 1 aliphatic rings. The van der Waals surface area contributed by atoms with Crippen LogP contribution in [-0.4, -0.2) is 0 Å². The minimum Gasteiger partial charge on any atom is -0.485 e. The summed E-state index contributed by atoms with van der Waals surface area (Å²) in [6.07, 6.45) is 2.34. The zero-order valence-corrected chi connectivity index (χ0v) is 11.0. The number of rotatable bonds is 1. The van der Waals surface area contributed by atoms with Gasteiger partial charge in [0.2, 0.25) is 0 Å². The Kier molecular flexibility index (Phi) is 2.89. The van der Waals surface area contributed by atoms with Gasteiger partial charge in [-0.3, -0.25) is 0 Å². The predicted molar refractivity (Wildman–Crippen MR) is 72.3 cm³/mol. The van der Waals surface area contributed by atoms with E-state index < -0.39 is 0 Å². The molecule has 2 heteroatoms. The molecule has 0 spiro atoms. The van der Waals surface area contributed by atoms with Gasteiger partial charge in [0.25, 0.3) is 0 Å². The topological polar surface area (TPSA) is 9.23 Å². The standard InChI is InChI=1S/C15H13BrO/c16-13-8-5-12(6-9-13)15-10-7-11-3-1-2-4-14(11)17-15/h1-6,8-9,15H,7,10H2. The number of ether oxygens (including phenoxy) is 1. The van der Waals surface area contributed by atoms with Crippen LogP contribution in [0, 0.1) is 0 Å². The molecule has 0 saturated carbocycles. The quantitative estimate of drug-likeness (QED) is 0.750. The van der Waals surface area contributed by atoms with E-state index >= 15 is 0 Å². The Morgan fingerprint density at radius 3 is 2.59 bits per heavy atom. The van der Waals surface area contributed by atoms with Crippen molar-refractivity contribution in [3.8, 4) is 5.75 Å². The highest BCUT2D eigenvalue weighted by Gasteiger charge is 2.20. The lowest BCUT2D eigenvalue weighted by atomic mass is 9.98. The Labute approximate surface area is 110 Å². The van der Waals surface area contributed by atoms with E-state index in [-0.39, 0.29) is 6.10 Å². The van der Waals surface area contributed by atoms with Gasteiger partial charge in [-0.15, -0.1) is 0 Å². The average molecular weight is 289 g/mol. The highest BCUT2D eigenvalue weighted by Crippen LogP contribution is 2.34. The maximum absolute atomic E-state index is 6.04. The van der Waals surface area contributed by atoms with Crippen LogP contribution in [0.15, 0.2) is 53.0 Å².